The highest BCUT2D eigenvalue weighted by Gasteiger charge is 1.96. The Morgan fingerprint density at radius 1 is 1.41 bits per heavy atom. The zero-order valence-corrected chi connectivity index (χ0v) is 9.50. The smallest absolute Gasteiger partial charge is 0.333 e. The Balaban J connectivity index is 2.47. The van der Waals surface area contributed by atoms with E-state index in [9.17, 15) is 4.79 Å². The van der Waals surface area contributed by atoms with Crippen LogP contribution in [-0.2, 0) is 14.4 Å². The summed E-state index contributed by atoms with van der Waals surface area (Å²) < 4.78 is 4.65. The fourth-order valence-corrected chi connectivity index (χ4v) is 1.03. The molecule has 0 amide bonds. The van der Waals surface area contributed by atoms with E-state index in [1.807, 2.05) is 18.2 Å². The van der Waals surface area contributed by atoms with Crippen LogP contribution in [0.25, 0.3) is 0 Å². The number of hydrogen-bond acceptors (Lipinski definition) is 4. The van der Waals surface area contributed by atoms with Crippen LogP contribution < -0.4 is 5.73 Å². The molecule has 0 bridgehead atoms. The average Bonchev–Trinajstić information content (AvgIpc) is 2.36. The van der Waals surface area contributed by atoms with E-state index in [1.165, 1.54) is 0 Å². The highest BCUT2D eigenvalue weighted by molar-refractivity contribution is 5.96. The fourth-order valence-electron chi connectivity index (χ4n) is 1.03. The maximum Gasteiger partial charge on any atom is 0.333 e. The molecule has 2 N–H and O–H groups in total. The molecule has 1 aromatic rings. The first kappa shape index (κ1) is 12.8. The SMILES string of the molecule is CCOC(=O)C=CON=C(N)c1ccccc1. The number of benzene rings is 1. The third kappa shape index (κ3) is 4.83. The number of hydrogen-bond donors (Lipinski definition) is 1. The molecule has 0 heterocycles. The van der Waals surface area contributed by atoms with Gasteiger partial charge >= 0.3 is 5.97 Å². The van der Waals surface area contributed by atoms with Gasteiger partial charge in [0.05, 0.1) is 12.7 Å². The molecule has 1 rings (SSSR count). The second-order valence-electron chi connectivity index (χ2n) is 3.00. The first-order valence-corrected chi connectivity index (χ1v) is 5.12. The molecule has 5 nitrogen and oxygen atoms in total. The largest absolute Gasteiger partial charge is 0.463 e. The first-order valence-electron chi connectivity index (χ1n) is 5.12. The molecule has 0 aromatic heterocycles. The molecule has 5 heteroatoms. The zero-order valence-electron chi connectivity index (χ0n) is 9.50. The van der Waals surface area contributed by atoms with Gasteiger partial charge in [-0.1, -0.05) is 35.5 Å². The number of esters is 1. The van der Waals surface area contributed by atoms with E-state index < -0.39 is 5.97 Å². The molecule has 0 saturated carbocycles. The lowest BCUT2D eigenvalue weighted by Crippen LogP contribution is -2.13. The van der Waals surface area contributed by atoms with Gasteiger partial charge in [-0.2, -0.15) is 0 Å². The maximum absolute atomic E-state index is 10.9. The van der Waals surface area contributed by atoms with Gasteiger partial charge in [0, 0.05) is 5.56 Å². The van der Waals surface area contributed by atoms with Gasteiger partial charge in [0.1, 0.15) is 6.26 Å². The number of carbonyl (C=O) groups excluding carboxylic acids is 1. The minimum Gasteiger partial charge on any atom is -0.463 e. The van der Waals surface area contributed by atoms with Crippen molar-refractivity contribution in [2.75, 3.05) is 6.61 Å². The van der Waals surface area contributed by atoms with E-state index in [0.29, 0.717) is 6.61 Å². The summed E-state index contributed by atoms with van der Waals surface area (Å²) in [5, 5.41) is 3.63. The number of ether oxygens (including phenoxy) is 1. The molecule has 0 aliphatic carbocycles. The van der Waals surface area contributed by atoms with Crippen LogP contribution in [0.4, 0.5) is 0 Å². The molecule has 0 radical (unpaired) electrons. The van der Waals surface area contributed by atoms with Gasteiger partial charge in [-0.15, -0.1) is 0 Å². The van der Waals surface area contributed by atoms with Crippen molar-refractivity contribution in [3.63, 3.8) is 0 Å². The number of carbonyl (C=O) groups is 1. The Hall–Kier alpha value is -2.30. The Bertz CT molecular complexity index is 413. The second kappa shape index (κ2) is 7.05. The van der Waals surface area contributed by atoms with E-state index in [0.717, 1.165) is 17.9 Å². The van der Waals surface area contributed by atoms with Crippen molar-refractivity contribution in [3.8, 4) is 0 Å². The van der Waals surface area contributed by atoms with Gasteiger partial charge in [0.25, 0.3) is 0 Å². The molecule has 90 valence electrons. The van der Waals surface area contributed by atoms with Crippen molar-refractivity contribution in [1.82, 2.24) is 0 Å². The number of amidine groups is 1. The van der Waals surface area contributed by atoms with Gasteiger partial charge in [-0.25, -0.2) is 4.79 Å². The standard InChI is InChI=1S/C12H14N2O3/c1-2-16-11(15)8-9-17-14-12(13)10-6-4-3-5-7-10/h3-9H,2H2,1H3,(H2,13,14). The molecule has 0 fully saturated rings. The molecular formula is C12H14N2O3. The van der Waals surface area contributed by atoms with Gasteiger partial charge in [-0.05, 0) is 6.92 Å². The van der Waals surface area contributed by atoms with Crippen molar-refractivity contribution >= 4 is 11.8 Å². The summed E-state index contributed by atoms with van der Waals surface area (Å²) in [6.45, 7) is 2.04. The first-order chi connectivity index (χ1) is 8.24. The van der Waals surface area contributed by atoms with Crippen LogP contribution in [-0.4, -0.2) is 18.4 Å². The van der Waals surface area contributed by atoms with E-state index in [4.69, 9.17) is 10.6 Å². The number of oxime groups is 1. The molecule has 1 aromatic carbocycles. The van der Waals surface area contributed by atoms with Gasteiger partial charge in [-0.3, -0.25) is 0 Å². The van der Waals surface area contributed by atoms with Gasteiger partial charge in [0.2, 0.25) is 0 Å². The van der Waals surface area contributed by atoms with Crippen molar-refractivity contribution in [2.24, 2.45) is 10.9 Å². The topological polar surface area (TPSA) is 73.9 Å². The van der Waals surface area contributed by atoms with E-state index in [2.05, 4.69) is 9.89 Å². The third-order valence-corrected chi connectivity index (χ3v) is 1.77. The van der Waals surface area contributed by atoms with Crippen LogP contribution in [0.15, 0.2) is 47.8 Å². The summed E-state index contributed by atoms with van der Waals surface area (Å²) in [6, 6.07) is 9.16. The quantitative estimate of drug-likeness (QED) is 0.209. The highest BCUT2D eigenvalue weighted by atomic mass is 16.6. The molecular weight excluding hydrogens is 220 g/mol. The lowest BCUT2D eigenvalue weighted by atomic mass is 10.2. The van der Waals surface area contributed by atoms with Crippen molar-refractivity contribution < 1.29 is 14.4 Å². The van der Waals surface area contributed by atoms with E-state index in [1.54, 1.807) is 19.1 Å². The zero-order chi connectivity index (χ0) is 12.5. The Morgan fingerprint density at radius 3 is 2.76 bits per heavy atom. The van der Waals surface area contributed by atoms with E-state index >= 15 is 0 Å². The second-order valence-corrected chi connectivity index (χ2v) is 3.00. The molecule has 0 spiro atoms. The predicted octanol–water partition coefficient (Wildman–Crippen LogP) is 1.40. The Labute approximate surface area is 99.5 Å². The summed E-state index contributed by atoms with van der Waals surface area (Å²) >= 11 is 0. The lowest BCUT2D eigenvalue weighted by Gasteiger charge is -1.98. The van der Waals surface area contributed by atoms with Crippen LogP contribution in [0.1, 0.15) is 12.5 Å². The summed E-state index contributed by atoms with van der Waals surface area (Å²) in [4.78, 5) is 15.6. The maximum atomic E-state index is 10.9. The summed E-state index contributed by atoms with van der Waals surface area (Å²) in [6.07, 6.45) is 2.25. The molecule has 17 heavy (non-hydrogen) atoms. The van der Waals surface area contributed by atoms with Crippen molar-refractivity contribution in [1.29, 1.82) is 0 Å². The summed E-state index contributed by atoms with van der Waals surface area (Å²) in [5.74, 6) is -0.250. The Morgan fingerprint density at radius 2 is 2.12 bits per heavy atom. The van der Waals surface area contributed by atoms with Crippen LogP contribution >= 0.6 is 0 Å². The van der Waals surface area contributed by atoms with Crippen LogP contribution in [0.2, 0.25) is 0 Å². The normalized spacial score (nSPS) is 11.5. The predicted molar refractivity (Wildman–Crippen MR) is 64.0 cm³/mol. The van der Waals surface area contributed by atoms with Crippen molar-refractivity contribution in [3.05, 3.63) is 48.2 Å². The Kier molecular flexibility index (Phi) is 5.30. The minimum atomic E-state index is -0.485. The van der Waals surface area contributed by atoms with Gasteiger partial charge < -0.3 is 15.3 Å². The van der Waals surface area contributed by atoms with Crippen LogP contribution in [0, 0.1) is 0 Å². The molecule has 0 atom stereocenters. The summed E-state index contributed by atoms with van der Waals surface area (Å²) in [5.41, 5.74) is 6.39. The molecule has 0 aliphatic rings. The average molecular weight is 234 g/mol. The monoisotopic (exact) mass is 234 g/mol. The third-order valence-electron chi connectivity index (χ3n) is 1.77. The number of rotatable bonds is 5. The van der Waals surface area contributed by atoms with Crippen LogP contribution in [0.3, 0.4) is 0 Å². The molecule has 0 unspecified atom stereocenters. The number of nitrogens with two attached hydrogens (primary N) is 1. The molecule has 0 saturated heterocycles. The fraction of sp³-hybridized carbons (Fsp3) is 0.167. The van der Waals surface area contributed by atoms with E-state index in [-0.39, 0.29) is 5.84 Å². The minimum absolute atomic E-state index is 0.235. The van der Waals surface area contributed by atoms with Gasteiger partial charge in [0.15, 0.2) is 5.84 Å². The number of nitrogens with zero attached hydrogens (tertiary/aromatic N) is 1. The van der Waals surface area contributed by atoms with Crippen molar-refractivity contribution in [2.45, 2.75) is 6.92 Å². The van der Waals surface area contributed by atoms with Crippen LogP contribution in [0.5, 0.6) is 0 Å². The summed E-state index contributed by atoms with van der Waals surface area (Å²) in [7, 11) is 0. The highest BCUT2D eigenvalue weighted by Crippen LogP contribution is 1.98. The lowest BCUT2D eigenvalue weighted by molar-refractivity contribution is -0.137. The molecule has 0 aliphatic heterocycles.